The second-order valence-electron chi connectivity index (χ2n) is 5.48. The van der Waals surface area contributed by atoms with Gasteiger partial charge in [0.2, 0.25) is 0 Å². The Balaban J connectivity index is 2.16. The maximum atomic E-state index is 12.5. The maximum absolute atomic E-state index is 12.5. The van der Waals surface area contributed by atoms with Gasteiger partial charge in [-0.05, 0) is 37.3 Å². The molecule has 0 atom stereocenters. The van der Waals surface area contributed by atoms with Crippen LogP contribution in [-0.2, 0) is 0 Å². The summed E-state index contributed by atoms with van der Waals surface area (Å²) in [4.78, 5) is 18.5. The number of carbonyl (C=O) groups excluding carboxylic acids is 1. The molecule has 104 valence electrons. The van der Waals surface area contributed by atoms with E-state index >= 15 is 0 Å². The van der Waals surface area contributed by atoms with E-state index < -0.39 is 0 Å². The minimum Gasteiger partial charge on any atom is -0.384 e. The van der Waals surface area contributed by atoms with Crippen LogP contribution in [0.4, 0.5) is 5.82 Å². The van der Waals surface area contributed by atoms with Crippen LogP contribution in [0.1, 0.15) is 43.6 Å². The van der Waals surface area contributed by atoms with Gasteiger partial charge in [-0.3, -0.25) is 4.79 Å². The predicted octanol–water partition coefficient (Wildman–Crippen LogP) is 2.97. The molecule has 0 unspecified atom stereocenters. The summed E-state index contributed by atoms with van der Waals surface area (Å²) in [6.45, 7) is 5.07. The zero-order valence-corrected chi connectivity index (χ0v) is 12.2. The first kappa shape index (κ1) is 14.1. The maximum Gasteiger partial charge on any atom is 0.274 e. The number of amides is 1. The number of nitrogens with two attached hydrogens (primary N) is 1. The summed E-state index contributed by atoms with van der Waals surface area (Å²) >= 11 is 6.06. The summed E-state index contributed by atoms with van der Waals surface area (Å²) in [6, 6.07) is 3.59. The topological polar surface area (TPSA) is 59.2 Å². The molecule has 1 aliphatic rings. The van der Waals surface area contributed by atoms with Crippen molar-refractivity contribution in [1.29, 1.82) is 0 Å². The van der Waals surface area contributed by atoms with E-state index in [2.05, 4.69) is 18.8 Å². The van der Waals surface area contributed by atoms with E-state index in [1.807, 2.05) is 4.90 Å². The van der Waals surface area contributed by atoms with Gasteiger partial charge in [0.25, 0.3) is 5.91 Å². The number of nitrogen functional groups attached to an aromatic ring is 1. The number of hydrogen-bond donors (Lipinski definition) is 1. The Kier molecular flexibility index (Phi) is 4.30. The average Bonchev–Trinajstić information content (AvgIpc) is 3.16. The fourth-order valence-corrected chi connectivity index (χ4v) is 2.16. The van der Waals surface area contributed by atoms with E-state index in [-0.39, 0.29) is 11.6 Å². The summed E-state index contributed by atoms with van der Waals surface area (Å²) < 4.78 is 0. The summed E-state index contributed by atoms with van der Waals surface area (Å²) in [5, 5.41) is 0.370. The van der Waals surface area contributed by atoms with Crippen LogP contribution in [-0.4, -0.2) is 28.4 Å². The van der Waals surface area contributed by atoms with Crippen LogP contribution in [0, 0.1) is 5.92 Å². The van der Waals surface area contributed by atoms with Gasteiger partial charge in [-0.1, -0.05) is 25.4 Å². The number of halogens is 1. The smallest absolute Gasteiger partial charge is 0.274 e. The third-order valence-electron chi connectivity index (χ3n) is 3.27. The molecule has 0 bridgehead atoms. The first-order valence-corrected chi connectivity index (χ1v) is 7.10. The van der Waals surface area contributed by atoms with E-state index in [0.29, 0.717) is 22.8 Å². The van der Waals surface area contributed by atoms with Gasteiger partial charge in [-0.25, -0.2) is 4.98 Å². The Morgan fingerprint density at radius 2 is 2.21 bits per heavy atom. The van der Waals surface area contributed by atoms with Gasteiger partial charge in [-0.2, -0.15) is 0 Å². The standard InChI is InChI=1S/C14H20ClN3O/c1-9(2)7-8-18(10-3-4-10)14(19)13-11(15)5-6-12(16)17-13/h5-6,9-10H,3-4,7-8H2,1-2H3,(H2,16,17). The summed E-state index contributed by atoms with van der Waals surface area (Å²) in [6.07, 6.45) is 3.13. The lowest BCUT2D eigenvalue weighted by atomic mass is 10.1. The molecule has 19 heavy (non-hydrogen) atoms. The van der Waals surface area contributed by atoms with Crippen LogP contribution in [0.2, 0.25) is 5.02 Å². The van der Waals surface area contributed by atoms with E-state index in [9.17, 15) is 4.79 Å². The van der Waals surface area contributed by atoms with Gasteiger partial charge in [0, 0.05) is 12.6 Å². The fourth-order valence-electron chi connectivity index (χ4n) is 1.98. The van der Waals surface area contributed by atoms with Crippen LogP contribution >= 0.6 is 11.6 Å². The molecule has 1 aromatic heterocycles. The largest absolute Gasteiger partial charge is 0.384 e. The molecule has 2 rings (SSSR count). The van der Waals surface area contributed by atoms with E-state index in [1.165, 1.54) is 0 Å². The highest BCUT2D eigenvalue weighted by Gasteiger charge is 2.34. The monoisotopic (exact) mass is 281 g/mol. The second-order valence-corrected chi connectivity index (χ2v) is 5.89. The second kappa shape index (κ2) is 5.78. The Morgan fingerprint density at radius 1 is 1.53 bits per heavy atom. The van der Waals surface area contributed by atoms with Crippen molar-refractivity contribution in [1.82, 2.24) is 9.88 Å². The summed E-state index contributed by atoms with van der Waals surface area (Å²) in [5.74, 6) is 0.797. The zero-order valence-electron chi connectivity index (χ0n) is 11.4. The number of pyridine rings is 1. The normalized spacial score (nSPS) is 14.7. The Morgan fingerprint density at radius 3 is 2.79 bits per heavy atom. The van der Waals surface area contributed by atoms with Crippen LogP contribution < -0.4 is 5.73 Å². The lowest BCUT2D eigenvalue weighted by Crippen LogP contribution is -2.35. The molecule has 1 saturated carbocycles. The molecule has 4 nitrogen and oxygen atoms in total. The van der Waals surface area contributed by atoms with E-state index in [0.717, 1.165) is 25.8 Å². The average molecular weight is 282 g/mol. The van der Waals surface area contributed by atoms with Crippen molar-refractivity contribution in [3.63, 3.8) is 0 Å². The number of nitrogens with zero attached hydrogens (tertiary/aromatic N) is 2. The molecule has 0 aromatic carbocycles. The first-order valence-electron chi connectivity index (χ1n) is 6.72. The highest BCUT2D eigenvalue weighted by atomic mass is 35.5. The van der Waals surface area contributed by atoms with Crippen molar-refractivity contribution in [2.24, 2.45) is 5.92 Å². The Hall–Kier alpha value is -1.29. The molecule has 0 spiro atoms. The summed E-state index contributed by atoms with van der Waals surface area (Å²) in [7, 11) is 0. The fraction of sp³-hybridized carbons (Fsp3) is 0.571. The number of rotatable bonds is 5. The van der Waals surface area contributed by atoms with Gasteiger partial charge >= 0.3 is 0 Å². The molecule has 1 heterocycles. The van der Waals surface area contributed by atoms with Crippen LogP contribution in [0.5, 0.6) is 0 Å². The predicted molar refractivity (Wildman–Crippen MR) is 77.2 cm³/mol. The van der Waals surface area contributed by atoms with E-state index in [1.54, 1.807) is 12.1 Å². The molecule has 1 fully saturated rings. The molecule has 1 amide bonds. The molecule has 0 aliphatic heterocycles. The van der Waals surface area contributed by atoms with Crippen molar-refractivity contribution in [2.45, 2.75) is 39.2 Å². The first-order chi connectivity index (χ1) is 8.99. The van der Waals surface area contributed by atoms with Gasteiger partial charge in [0.1, 0.15) is 11.5 Å². The third kappa shape index (κ3) is 3.60. The molecular formula is C14H20ClN3O. The zero-order chi connectivity index (χ0) is 14.0. The number of aromatic nitrogens is 1. The van der Waals surface area contributed by atoms with Crippen molar-refractivity contribution in [2.75, 3.05) is 12.3 Å². The minimum atomic E-state index is -0.0968. The van der Waals surface area contributed by atoms with Gasteiger partial charge in [0.05, 0.1) is 5.02 Å². The molecule has 1 aliphatic carbocycles. The van der Waals surface area contributed by atoms with Crippen LogP contribution in [0.25, 0.3) is 0 Å². The van der Waals surface area contributed by atoms with Crippen molar-refractivity contribution in [3.8, 4) is 0 Å². The molecule has 1 aromatic rings. The van der Waals surface area contributed by atoms with Gasteiger partial charge in [-0.15, -0.1) is 0 Å². The Labute approximate surface area is 118 Å². The highest BCUT2D eigenvalue weighted by Crippen LogP contribution is 2.30. The van der Waals surface area contributed by atoms with Gasteiger partial charge in [0.15, 0.2) is 0 Å². The van der Waals surface area contributed by atoms with Crippen LogP contribution in [0.15, 0.2) is 12.1 Å². The van der Waals surface area contributed by atoms with Crippen molar-refractivity contribution < 1.29 is 4.79 Å². The number of hydrogen-bond acceptors (Lipinski definition) is 3. The highest BCUT2D eigenvalue weighted by molar-refractivity contribution is 6.33. The summed E-state index contributed by atoms with van der Waals surface area (Å²) in [5.41, 5.74) is 5.91. The van der Waals surface area contributed by atoms with Crippen molar-refractivity contribution in [3.05, 3.63) is 22.8 Å². The van der Waals surface area contributed by atoms with Crippen LogP contribution in [0.3, 0.4) is 0 Å². The SMILES string of the molecule is CC(C)CCN(C(=O)c1nc(N)ccc1Cl)C1CC1. The lowest BCUT2D eigenvalue weighted by molar-refractivity contribution is 0.0730. The molecule has 5 heteroatoms. The molecule has 0 radical (unpaired) electrons. The Bertz CT molecular complexity index is 472. The van der Waals surface area contributed by atoms with Gasteiger partial charge < -0.3 is 10.6 Å². The number of carbonyl (C=O) groups is 1. The molecule has 2 N–H and O–H groups in total. The molecule has 0 saturated heterocycles. The number of anilines is 1. The minimum absolute atomic E-state index is 0.0968. The van der Waals surface area contributed by atoms with E-state index in [4.69, 9.17) is 17.3 Å². The quantitative estimate of drug-likeness (QED) is 0.903. The third-order valence-corrected chi connectivity index (χ3v) is 3.57. The lowest BCUT2D eigenvalue weighted by Gasteiger charge is -2.23. The molecular weight excluding hydrogens is 262 g/mol. The van der Waals surface area contributed by atoms with Crippen molar-refractivity contribution >= 4 is 23.3 Å².